The molecule has 5 aromatic rings. The third kappa shape index (κ3) is 5.18. The van der Waals surface area contributed by atoms with Crippen LogP contribution in [0.4, 0.5) is 5.95 Å². The zero-order valence-electron chi connectivity index (χ0n) is 22.7. The van der Waals surface area contributed by atoms with Gasteiger partial charge in [-0.3, -0.25) is 0 Å². The van der Waals surface area contributed by atoms with Crippen LogP contribution in [0.3, 0.4) is 0 Å². The fourth-order valence-electron chi connectivity index (χ4n) is 5.84. The normalized spacial score (nSPS) is 22.5. The van der Waals surface area contributed by atoms with Crippen LogP contribution in [0.25, 0.3) is 42.2 Å². The first-order chi connectivity index (χ1) is 19.9. The summed E-state index contributed by atoms with van der Waals surface area (Å²) >= 11 is 3.28. The second kappa shape index (κ2) is 10.4. The molecular formula is C31H31N7OS2. The molecule has 2 aliphatic rings. The predicted octanol–water partition coefficient (Wildman–Crippen LogP) is 5.17. The minimum absolute atomic E-state index is 0.483. The molecule has 0 bridgehead atoms. The summed E-state index contributed by atoms with van der Waals surface area (Å²) in [6.45, 7) is 5.56. The Morgan fingerprint density at radius 3 is 2.22 bits per heavy atom. The highest BCUT2D eigenvalue weighted by Gasteiger charge is 2.49. The van der Waals surface area contributed by atoms with Gasteiger partial charge in [0.25, 0.3) is 0 Å². The van der Waals surface area contributed by atoms with E-state index in [-0.39, 0.29) is 0 Å². The fraction of sp³-hybridized carbons (Fsp3) is 0.290. The summed E-state index contributed by atoms with van der Waals surface area (Å²) in [7, 11) is 0. The van der Waals surface area contributed by atoms with Gasteiger partial charge in [0.15, 0.2) is 0 Å². The van der Waals surface area contributed by atoms with Crippen molar-refractivity contribution in [1.29, 1.82) is 0 Å². The molecule has 41 heavy (non-hydrogen) atoms. The van der Waals surface area contributed by atoms with Gasteiger partial charge < -0.3 is 21.1 Å². The molecule has 208 valence electrons. The van der Waals surface area contributed by atoms with Crippen LogP contribution in [0, 0.1) is 0 Å². The van der Waals surface area contributed by atoms with Gasteiger partial charge in [-0.15, -0.1) is 22.7 Å². The molecule has 10 heteroatoms. The third-order valence-electron chi connectivity index (χ3n) is 7.79. The molecule has 8 nitrogen and oxygen atoms in total. The number of hydrogen-bond donors (Lipinski definition) is 3. The lowest BCUT2D eigenvalue weighted by atomic mass is 9.63. The summed E-state index contributed by atoms with van der Waals surface area (Å²) in [5.74, 6) is 0.762. The van der Waals surface area contributed by atoms with Gasteiger partial charge in [0.2, 0.25) is 5.95 Å². The number of nitrogens with two attached hydrogens (primary N) is 1. The van der Waals surface area contributed by atoms with Gasteiger partial charge in [0.1, 0.15) is 10.0 Å². The Bertz CT molecular complexity index is 1650. The topological polar surface area (TPSA) is 113 Å². The Hall–Kier alpha value is -3.54. The Morgan fingerprint density at radius 2 is 1.54 bits per heavy atom. The summed E-state index contributed by atoms with van der Waals surface area (Å²) < 4.78 is 0. The maximum atomic E-state index is 10.3. The smallest absolute Gasteiger partial charge is 0.225 e. The van der Waals surface area contributed by atoms with E-state index < -0.39 is 11.1 Å². The van der Waals surface area contributed by atoms with Crippen LogP contribution < -0.4 is 16.0 Å². The quantitative estimate of drug-likeness (QED) is 0.252. The zero-order chi connectivity index (χ0) is 28.0. The van der Waals surface area contributed by atoms with Gasteiger partial charge in [-0.25, -0.2) is 19.9 Å². The summed E-state index contributed by atoms with van der Waals surface area (Å²) in [6, 6.07) is 18.7. The molecule has 3 aromatic heterocycles. The molecule has 4 heterocycles. The highest BCUT2D eigenvalue weighted by Crippen LogP contribution is 2.47. The monoisotopic (exact) mass is 581 g/mol. The second-order valence-corrected chi connectivity index (χ2v) is 13.2. The van der Waals surface area contributed by atoms with Crippen molar-refractivity contribution in [2.45, 2.75) is 30.9 Å². The molecule has 0 spiro atoms. The lowest BCUT2D eigenvalue weighted by molar-refractivity contribution is -0.0738. The molecule has 0 unspecified atom stereocenters. The number of nitrogens with zero attached hydrogens (tertiary/aromatic N) is 5. The first-order valence-electron chi connectivity index (χ1n) is 13.8. The fourth-order valence-corrected chi connectivity index (χ4v) is 7.87. The van der Waals surface area contributed by atoms with Crippen molar-refractivity contribution >= 4 is 28.6 Å². The van der Waals surface area contributed by atoms with Gasteiger partial charge in [-0.05, 0) is 30.9 Å². The van der Waals surface area contributed by atoms with E-state index in [1.54, 1.807) is 22.7 Å². The van der Waals surface area contributed by atoms with Crippen LogP contribution >= 0.6 is 22.7 Å². The average Bonchev–Trinajstić information content (AvgIpc) is 3.66. The predicted molar refractivity (Wildman–Crippen MR) is 166 cm³/mol. The van der Waals surface area contributed by atoms with Crippen molar-refractivity contribution in [3.63, 3.8) is 0 Å². The van der Waals surface area contributed by atoms with Crippen LogP contribution in [-0.4, -0.2) is 56.8 Å². The summed E-state index contributed by atoms with van der Waals surface area (Å²) in [4.78, 5) is 23.4. The average molecular weight is 582 g/mol. The maximum absolute atomic E-state index is 10.3. The Kier molecular flexibility index (Phi) is 6.67. The number of anilines is 1. The van der Waals surface area contributed by atoms with E-state index in [4.69, 9.17) is 15.7 Å². The minimum atomic E-state index is -0.690. The molecule has 0 radical (unpaired) electrons. The highest BCUT2D eigenvalue weighted by molar-refractivity contribution is 7.25. The van der Waals surface area contributed by atoms with Crippen molar-refractivity contribution in [2.24, 2.45) is 5.73 Å². The molecule has 1 aliphatic heterocycles. The van der Waals surface area contributed by atoms with E-state index in [1.165, 1.54) is 0 Å². The van der Waals surface area contributed by atoms with Gasteiger partial charge >= 0.3 is 0 Å². The SMILES string of the molecule is CC1(O)CC(N)(c2ccc(-c3nc(-c4cnc(-c5cnc(N6CCNCC6)nc5)s4)sc3-c3ccccc3)cc2)C1. The lowest BCUT2D eigenvalue weighted by Crippen LogP contribution is -2.58. The van der Waals surface area contributed by atoms with E-state index in [2.05, 4.69) is 68.7 Å². The highest BCUT2D eigenvalue weighted by atomic mass is 32.1. The number of aromatic nitrogens is 4. The van der Waals surface area contributed by atoms with E-state index in [0.29, 0.717) is 12.8 Å². The van der Waals surface area contributed by atoms with Crippen LogP contribution in [0.5, 0.6) is 0 Å². The second-order valence-electron chi connectivity index (χ2n) is 11.2. The zero-order valence-corrected chi connectivity index (χ0v) is 24.4. The summed E-state index contributed by atoms with van der Waals surface area (Å²) in [6.07, 6.45) is 6.75. The first kappa shape index (κ1) is 26.4. The molecule has 2 fully saturated rings. The number of rotatable bonds is 6. The molecule has 1 saturated carbocycles. The van der Waals surface area contributed by atoms with Crippen LogP contribution in [-0.2, 0) is 5.54 Å². The van der Waals surface area contributed by atoms with Gasteiger partial charge in [-0.2, -0.15) is 0 Å². The minimum Gasteiger partial charge on any atom is -0.390 e. The first-order valence-corrected chi connectivity index (χ1v) is 15.4. The Labute approximate surface area is 247 Å². The molecular weight excluding hydrogens is 551 g/mol. The van der Waals surface area contributed by atoms with E-state index in [9.17, 15) is 5.11 Å². The van der Waals surface area contributed by atoms with Crippen LogP contribution in [0.15, 0.2) is 73.2 Å². The van der Waals surface area contributed by atoms with E-state index in [0.717, 1.165) is 79.8 Å². The number of piperazine rings is 1. The summed E-state index contributed by atoms with van der Waals surface area (Å²) in [5.41, 5.74) is 10.5. The standard InChI is InChI=1S/C31H31N7OS2/c1-30(39)18-31(32,19-30)23-9-7-20(8-10-23)25-26(21-5-3-2-4-6-21)41-28(37-25)24-17-34-27(40-24)22-15-35-29(36-16-22)38-13-11-33-12-14-38/h2-10,15-17,33,39H,11-14,18-19,32H2,1H3. The van der Waals surface area contributed by atoms with E-state index >= 15 is 0 Å². The van der Waals surface area contributed by atoms with Gasteiger partial charge in [0.05, 0.1) is 21.0 Å². The van der Waals surface area contributed by atoms with Crippen molar-refractivity contribution < 1.29 is 5.11 Å². The molecule has 7 rings (SSSR count). The third-order valence-corrected chi connectivity index (χ3v) is 10.1. The largest absolute Gasteiger partial charge is 0.390 e. The number of nitrogens with one attached hydrogen (secondary N) is 1. The molecule has 4 N–H and O–H groups in total. The van der Waals surface area contributed by atoms with E-state index in [1.807, 2.05) is 31.6 Å². The molecule has 0 atom stereocenters. The molecule has 1 aliphatic carbocycles. The lowest BCUT2D eigenvalue weighted by Gasteiger charge is -2.49. The molecule has 2 aromatic carbocycles. The van der Waals surface area contributed by atoms with Gasteiger partial charge in [-0.1, -0.05) is 54.6 Å². The van der Waals surface area contributed by atoms with Gasteiger partial charge in [0, 0.05) is 61.4 Å². The molecule has 1 saturated heterocycles. The summed E-state index contributed by atoms with van der Waals surface area (Å²) in [5, 5.41) is 15.4. The van der Waals surface area contributed by atoms with Crippen molar-refractivity contribution in [2.75, 3.05) is 31.1 Å². The number of hydrogen-bond acceptors (Lipinski definition) is 10. The number of thiazole rings is 2. The Balaban J connectivity index is 1.19. The maximum Gasteiger partial charge on any atom is 0.225 e. The Morgan fingerprint density at radius 1 is 0.829 bits per heavy atom. The number of benzene rings is 2. The van der Waals surface area contributed by atoms with Crippen LogP contribution in [0.1, 0.15) is 25.3 Å². The molecule has 0 amide bonds. The van der Waals surface area contributed by atoms with Crippen molar-refractivity contribution in [1.82, 2.24) is 25.3 Å². The van der Waals surface area contributed by atoms with Crippen LogP contribution in [0.2, 0.25) is 0 Å². The number of aliphatic hydroxyl groups is 1. The van der Waals surface area contributed by atoms with Crippen molar-refractivity contribution in [3.8, 4) is 42.2 Å². The van der Waals surface area contributed by atoms with Crippen molar-refractivity contribution in [3.05, 3.63) is 78.8 Å².